The Kier molecular flexibility index (Phi) is 4.11. The van der Waals surface area contributed by atoms with Crippen LogP contribution in [-0.4, -0.2) is 35.9 Å². The Morgan fingerprint density at radius 1 is 1.41 bits per heavy atom. The van der Waals surface area contributed by atoms with Crippen LogP contribution in [0.1, 0.15) is 52.9 Å². The third-order valence-electron chi connectivity index (χ3n) is 4.75. The van der Waals surface area contributed by atoms with Crippen molar-refractivity contribution in [2.75, 3.05) is 6.54 Å². The normalized spacial score (nSPS) is 38.5. The fraction of sp³-hybridized carbons (Fsp3) is 1.00. The molecular formula is C14H28N2O. The van der Waals surface area contributed by atoms with Gasteiger partial charge in [0.1, 0.15) is 0 Å². The van der Waals surface area contributed by atoms with E-state index in [1.165, 1.54) is 32.2 Å². The molecule has 0 amide bonds. The summed E-state index contributed by atoms with van der Waals surface area (Å²) in [5.41, 5.74) is 0.0499. The summed E-state index contributed by atoms with van der Waals surface area (Å²) in [5, 5.41) is 17.0. The van der Waals surface area contributed by atoms with Gasteiger partial charge in [-0.1, -0.05) is 20.3 Å². The highest BCUT2D eigenvalue weighted by Gasteiger charge is 2.47. The number of nitrogens with one attached hydrogen (secondary N) is 2. The molecular weight excluding hydrogens is 212 g/mol. The van der Waals surface area contributed by atoms with Gasteiger partial charge in [0.15, 0.2) is 0 Å². The highest BCUT2D eigenvalue weighted by Crippen LogP contribution is 2.40. The molecule has 3 nitrogen and oxygen atoms in total. The molecule has 2 aliphatic rings. The molecule has 3 heteroatoms. The molecule has 0 spiro atoms. The molecule has 0 radical (unpaired) electrons. The van der Waals surface area contributed by atoms with E-state index in [1.54, 1.807) is 0 Å². The zero-order valence-corrected chi connectivity index (χ0v) is 11.5. The summed E-state index contributed by atoms with van der Waals surface area (Å²) in [7, 11) is 0. The maximum absolute atomic E-state index is 9.73. The van der Waals surface area contributed by atoms with Crippen LogP contribution < -0.4 is 10.6 Å². The van der Waals surface area contributed by atoms with E-state index in [2.05, 4.69) is 31.4 Å². The van der Waals surface area contributed by atoms with Crippen LogP contribution in [0.3, 0.4) is 0 Å². The van der Waals surface area contributed by atoms with Crippen molar-refractivity contribution >= 4 is 0 Å². The lowest BCUT2D eigenvalue weighted by Gasteiger charge is -2.51. The summed E-state index contributed by atoms with van der Waals surface area (Å²) >= 11 is 0. The van der Waals surface area contributed by atoms with Crippen molar-refractivity contribution in [1.29, 1.82) is 0 Å². The Morgan fingerprint density at radius 3 is 2.71 bits per heavy atom. The van der Waals surface area contributed by atoms with Gasteiger partial charge in [-0.05, 0) is 39.2 Å². The van der Waals surface area contributed by atoms with E-state index in [9.17, 15) is 5.11 Å². The van der Waals surface area contributed by atoms with Crippen LogP contribution in [0.4, 0.5) is 0 Å². The molecule has 0 aromatic carbocycles. The Balaban J connectivity index is 1.72. The number of aliphatic hydroxyl groups excluding tert-OH is 1. The summed E-state index contributed by atoms with van der Waals surface area (Å²) in [5.74, 6) is 0. The Bertz CT molecular complexity index is 249. The fourth-order valence-corrected chi connectivity index (χ4v) is 3.15. The van der Waals surface area contributed by atoms with Crippen molar-refractivity contribution in [2.45, 2.75) is 77.1 Å². The van der Waals surface area contributed by atoms with Gasteiger partial charge in [-0.2, -0.15) is 0 Å². The van der Waals surface area contributed by atoms with E-state index in [1.807, 2.05) is 0 Å². The molecule has 1 heterocycles. The van der Waals surface area contributed by atoms with Gasteiger partial charge < -0.3 is 15.7 Å². The smallest absolute Gasteiger partial charge is 0.0621 e. The Labute approximate surface area is 105 Å². The van der Waals surface area contributed by atoms with Gasteiger partial charge >= 0.3 is 0 Å². The number of hydrogen-bond acceptors (Lipinski definition) is 3. The second kappa shape index (κ2) is 5.25. The van der Waals surface area contributed by atoms with Crippen molar-refractivity contribution in [1.82, 2.24) is 10.6 Å². The summed E-state index contributed by atoms with van der Waals surface area (Å²) < 4.78 is 0. The van der Waals surface area contributed by atoms with Crippen LogP contribution in [0.5, 0.6) is 0 Å². The maximum atomic E-state index is 9.73. The molecule has 1 aliphatic heterocycles. The standard InChI is InChI=1S/C14H28N2O/c1-10(8-11-6-4-5-7-15-11)16-12-9-13(17)14(12,2)3/h10-13,15-17H,4-9H2,1-3H3. The summed E-state index contributed by atoms with van der Waals surface area (Å²) in [6.07, 6.45) is 6.03. The van der Waals surface area contributed by atoms with Crippen molar-refractivity contribution in [3.63, 3.8) is 0 Å². The van der Waals surface area contributed by atoms with Gasteiger partial charge in [-0.15, -0.1) is 0 Å². The molecule has 4 atom stereocenters. The van der Waals surface area contributed by atoms with Crippen LogP contribution in [0.15, 0.2) is 0 Å². The Hall–Kier alpha value is -0.120. The predicted molar refractivity (Wildman–Crippen MR) is 71.0 cm³/mol. The molecule has 0 aromatic heterocycles. The first-order valence-corrected chi connectivity index (χ1v) is 7.17. The molecule has 4 unspecified atom stereocenters. The summed E-state index contributed by atoms with van der Waals surface area (Å²) in [6, 6.07) is 1.72. The lowest BCUT2D eigenvalue weighted by molar-refractivity contribution is -0.0758. The molecule has 3 N–H and O–H groups in total. The molecule has 1 saturated heterocycles. The van der Waals surface area contributed by atoms with Crippen LogP contribution in [-0.2, 0) is 0 Å². The number of rotatable bonds is 4. The average Bonchev–Trinajstić information content (AvgIpc) is 2.30. The average molecular weight is 240 g/mol. The minimum absolute atomic E-state index is 0.0499. The largest absolute Gasteiger partial charge is 0.392 e. The molecule has 2 rings (SSSR count). The van der Waals surface area contributed by atoms with E-state index >= 15 is 0 Å². The zero-order valence-electron chi connectivity index (χ0n) is 11.5. The highest BCUT2D eigenvalue weighted by atomic mass is 16.3. The van der Waals surface area contributed by atoms with Gasteiger partial charge in [0.25, 0.3) is 0 Å². The van der Waals surface area contributed by atoms with E-state index in [0.29, 0.717) is 18.1 Å². The van der Waals surface area contributed by atoms with E-state index in [-0.39, 0.29) is 11.5 Å². The summed E-state index contributed by atoms with van der Waals surface area (Å²) in [6.45, 7) is 7.77. The van der Waals surface area contributed by atoms with Crippen molar-refractivity contribution in [2.24, 2.45) is 5.41 Å². The monoisotopic (exact) mass is 240 g/mol. The van der Waals surface area contributed by atoms with Gasteiger partial charge in [0, 0.05) is 23.5 Å². The minimum atomic E-state index is -0.125. The van der Waals surface area contributed by atoms with Gasteiger partial charge in [0.2, 0.25) is 0 Å². The van der Waals surface area contributed by atoms with Gasteiger partial charge in [-0.3, -0.25) is 0 Å². The van der Waals surface area contributed by atoms with Crippen LogP contribution >= 0.6 is 0 Å². The topological polar surface area (TPSA) is 44.3 Å². The highest BCUT2D eigenvalue weighted by molar-refractivity contribution is 5.02. The SMILES string of the molecule is CC(CC1CCCCN1)NC1CC(O)C1(C)C. The molecule has 1 aliphatic carbocycles. The molecule has 17 heavy (non-hydrogen) atoms. The molecule has 1 saturated carbocycles. The van der Waals surface area contributed by atoms with Crippen molar-refractivity contribution in [3.05, 3.63) is 0 Å². The molecule has 2 fully saturated rings. The first-order chi connectivity index (χ1) is 8.00. The van der Waals surface area contributed by atoms with Crippen LogP contribution in [0.2, 0.25) is 0 Å². The molecule has 0 bridgehead atoms. The minimum Gasteiger partial charge on any atom is -0.392 e. The first kappa shape index (κ1) is 13.3. The van der Waals surface area contributed by atoms with E-state index < -0.39 is 0 Å². The quantitative estimate of drug-likeness (QED) is 0.700. The van der Waals surface area contributed by atoms with Crippen LogP contribution in [0, 0.1) is 5.41 Å². The van der Waals surface area contributed by atoms with E-state index in [4.69, 9.17) is 0 Å². The second-order valence-electron chi connectivity index (χ2n) is 6.58. The van der Waals surface area contributed by atoms with E-state index in [0.717, 1.165) is 6.42 Å². The van der Waals surface area contributed by atoms with Crippen LogP contribution in [0.25, 0.3) is 0 Å². The fourth-order valence-electron chi connectivity index (χ4n) is 3.15. The van der Waals surface area contributed by atoms with Crippen molar-refractivity contribution < 1.29 is 5.11 Å². The van der Waals surface area contributed by atoms with Gasteiger partial charge in [0.05, 0.1) is 6.10 Å². The lowest BCUT2D eigenvalue weighted by Crippen LogP contribution is -2.62. The third kappa shape index (κ3) is 3.01. The maximum Gasteiger partial charge on any atom is 0.0621 e. The number of aliphatic hydroxyl groups is 1. The molecule has 100 valence electrons. The van der Waals surface area contributed by atoms with Crippen molar-refractivity contribution in [3.8, 4) is 0 Å². The summed E-state index contributed by atoms with van der Waals surface area (Å²) in [4.78, 5) is 0. The number of hydrogen-bond donors (Lipinski definition) is 3. The first-order valence-electron chi connectivity index (χ1n) is 7.17. The molecule has 0 aromatic rings. The second-order valence-corrected chi connectivity index (χ2v) is 6.58. The predicted octanol–water partition coefficient (Wildman–Crippen LogP) is 1.66. The lowest BCUT2D eigenvalue weighted by atomic mass is 9.64. The van der Waals surface area contributed by atoms with Gasteiger partial charge in [-0.25, -0.2) is 0 Å². The number of piperidine rings is 1. The Morgan fingerprint density at radius 2 is 2.18 bits per heavy atom. The zero-order chi connectivity index (χ0) is 12.5. The third-order valence-corrected chi connectivity index (χ3v) is 4.75.